The molecule has 0 aromatic heterocycles. The fraction of sp³-hybridized carbons (Fsp3) is 0.467. The lowest BCUT2D eigenvalue weighted by molar-refractivity contribution is -0.119. The van der Waals surface area contributed by atoms with Crippen molar-refractivity contribution in [2.45, 2.75) is 25.3 Å². The molecule has 4 N–H and O–H groups in total. The van der Waals surface area contributed by atoms with E-state index in [0.717, 1.165) is 12.8 Å². The second-order valence-electron chi connectivity index (χ2n) is 5.25. The number of hydrogen-bond donors (Lipinski definition) is 3. The van der Waals surface area contributed by atoms with Crippen LogP contribution in [0.5, 0.6) is 5.75 Å². The lowest BCUT2D eigenvalue weighted by atomic mass is 10.1. The van der Waals surface area contributed by atoms with Crippen molar-refractivity contribution in [3.05, 3.63) is 23.8 Å². The molecule has 0 heterocycles. The Morgan fingerprint density at radius 3 is 2.59 bits per heavy atom. The van der Waals surface area contributed by atoms with Gasteiger partial charge < -0.3 is 21.1 Å². The molecule has 1 fully saturated rings. The van der Waals surface area contributed by atoms with Gasteiger partial charge in [0.2, 0.25) is 5.91 Å². The van der Waals surface area contributed by atoms with E-state index in [4.69, 9.17) is 10.5 Å². The molecule has 2 amide bonds. The van der Waals surface area contributed by atoms with Crippen molar-refractivity contribution in [2.24, 2.45) is 11.7 Å². The molecule has 7 heteroatoms. The first-order valence-electron chi connectivity index (χ1n) is 7.01. The topological polar surface area (TPSA) is 93.5 Å². The molecule has 0 spiro atoms. The van der Waals surface area contributed by atoms with Crippen LogP contribution in [0.1, 0.15) is 29.6 Å². The number of ether oxygens (including phenoxy) is 1. The van der Waals surface area contributed by atoms with E-state index in [1.165, 1.54) is 7.11 Å². The largest absolute Gasteiger partial charge is 0.495 e. The molecule has 0 radical (unpaired) electrons. The molecule has 1 aromatic rings. The third-order valence-corrected chi connectivity index (χ3v) is 3.79. The second kappa shape index (κ2) is 8.00. The van der Waals surface area contributed by atoms with Crippen LogP contribution in [0.3, 0.4) is 0 Å². The number of nitrogens with two attached hydrogens (primary N) is 1. The number of rotatable bonds is 4. The molecule has 1 aliphatic carbocycles. The van der Waals surface area contributed by atoms with Gasteiger partial charge in [-0.05, 0) is 37.5 Å². The van der Waals surface area contributed by atoms with Gasteiger partial charge in [0.05, 0.1) is 12.8 Å². The van der Waals surface area contributed by atoms with E-state index in [1.54, 1.807) is 25.2 Å². The third kappa shape index (κ3) is 4.11. The molecule has 2 atom stereocenters. The minimum Gasteiger partial charge on any atom is -0.495 e. The molecule has 2 rings (SSSR count). The summed E-state index contributed by atoms with van der Waals surface area (Å²) in [6, 6.07) is 5.03. The van der Waals surface area contributed by atoms with Crippen molar-refractivity contribution in [1.82, 2.24) is 5.32 Å². The predicted molar refractivity (Wildman–Crippen MR) is 87.6 cm³/mol. The van der Waals surface area contributed by atoms with Crippen molar-refractivity contribution >= 4 is 29.9 Å². The first-order chi connectivity index (χ1) is 10.0. The van der Waals surface area contributed by atoms with E-state index in [0.29, 0.717) is 23.4 Å². The van der Waals surface area contributed by atoms with Crippen LogP contribution in [0, 0.1) is 5.92 Å². The molecule has 122 valence electrons. The summed E-state index contributed by atoms with van der Waals surface area (Å²) in [7, 11) is 3.08. The highest BCUT2D eigenvalue weighted by atomic mass is 35.5. The lowest BCUT2D eigenvalue weighted by Gasteiger charge is -2.14. The normalized spacial score (nSPS) is 20.0. The standard InChI is InChI=1S/C15H21N3O3.ClH/c1-17-14(19)10-4-6-13(21-2)12(8-10)18-15(20)9-3-5-11(16)7-9;/h4,6,8-9,11H,3,5,7,16H2,1-2H3,(H,17,19)(H,18,20);1H. The Kier molecular flexibility index (Phi) is 6.64. The molecule has 22 heavy (non-hydrogen) atoms. The van der Waals surface area contributed by atoms with E-state index in [1.807, 2.05) is 0 Å². The highest BCUT2D eigenvalue weighted by molar-refractivity contribution is 5.98. The fourth-order valence-corrected chi connectivity index (χ4v) is 2.58. The molecule has 6 nitrogen and oxygen atoms in total. The van der Waals surface area contributed by atoms with E-state index < -0.39 is 0 Å². The van der Waals surface area contributed by atoms with Gasteiger partial charge in [-0.1, -0.05) is 0 Å². The average Bonchev–Trinajstić information content (AvgIpc) is 2.93. The number of methoxy groups -OCH3 is 1. The van der Waals surface area contributed by atoms with Crippen LogP contribution in [0.2, 0.25) is 0 Å². The van der Waals surface area contributed by atoms with Crippen LogP contribution in [0.15, 0.2) is 18.2 Å². The second-order valence-corrected chi connectivity index (χ2v) is 5.25. The quantitative estimate of drug-likeness (QED) is 0.782. The molecular formula is C15H22ClN3O3. The summed E-state index contributed by atoms with van der Waals surface area (Å²) in [4.78, 5) is 23.9. The third-order valence-electron chi connectivity index (χ3n) is 3.79. The monoisotopic (exact) mass is 327 g/mol. The van der Waals surface area contributed by atoms with Crippen LogP contribution in [-0.2, 0) is 4.79 Å². The van der Waals surface area contributed by atoms with Gasteiger partial charge in [-0.3, -0.25) is 9.59 Å². The van der Waals surface area contributed by atoms with Gasteiger partial charge in [-0.15, -0.1) is 12.4 Å². The van der Waals surface area contributed by atoms with Gasteiger partial charge in [-0.2, -0.15) is 0 Å². The number of carbonyl (C=O) groups excluding carboxylic acids is 2. The molecule has 2 unspecified atom stereocenters. The van der Waals surface area contributed by atoms with Crippen LogP contribution in [0.4, 0.5) is 5.69 Å². The SMILES string of the molecule is CNC(=O)c1ccc(OC)c(NC(=O)C2CCC(N)C2)c1.Cl. The number of benzene rings is 1. The summed E-state index contributed by atoms with van der Waals surface area (Å²) in [6.07, 6.45) is 2.36. The molecule has 1 aliphatic rings. The Hall–Kier alpha value is -1.79. The molecule has 0 bridgehead atoms. The molecule has 1 aromatic carbocycles. The number of anilines is 1. The first-order valence-corrected chi connectivity index (χ1v) is 7.01. The number of nitrogens with one attached hydrogen (secondary N) is 2. The summed E-state index contributed by atoms with van der Waals surface area (Å²) in [5.41, 5.74) is 6.81. The van der Waals surface area contributed by atoms with E-state index in [2.05, 4.69) is 10.6 Å². The Morgan fingerprint density at radius 2 is 2.05 bits per heavy atom. The van der Waals surface area contributed by atoms with Gasteiger partial charge in [0, 0.05) is 24.6 Å². The molecular weight excluding hydrogens is 306 g/mol. The van der Waals surface area contributed by atoms with E-state index in [9.17, 15) is 9.59 Å². The Balaban J connectivity index is 0.00000242. The minimum absolute atomic E-state index is 0. The summed E-state index contributed by atoms with van der Waals surface area (Å²) >= 11 is 0. The predicted octanol–water partition coefficient (Wildman–Crippen LogP) is 1.54. The summed E-state index contributed by atoms with van der Waals surface area (Å²) in [6.45, 7) is 0. The van der Waals surface area contributed by atoms with E-state index >= 15 is 0 Å². The highest BCUT2D eigenvalue weighted by Gasteiger charge is 2.28. The van der Waals surface area contributed by atoms with Crippen molar-refractivity contribution in [1.29, 1.82) is 0 Å². The highest BCUT2D eigenvalue weighted by Crippen LogP contribution is 2.29. The fourth-order valence-electron chi connectivity index (χ4n) is 2.58. The minimum atomic E-state index is -0.212. The van der Waals surface area contributed by atoms with Crippen LogP contribution < -0.4 is 21.1 Å². The maximum absolute atomic E-state index is 12.3. The van der Waals surface area contributed by atoms with Crippen molar-refractivity contribution in [3.8, 4) is 5.75 Å². The Labute approximate surface area is 136 Å². The van der Waals surface area contributed by atoms with Gasteiger partial charge in [0.1, 0.15) is 5.75 Å². The Morgan fingerprint density at radius 1 is 1.32 bits per heavy atom. The van der Waals surface area contributed by atoms with Gasteiger partial charge in [0.25, 0.3) is 5.91 Å². The smallest absolute Gasteiger partial charge is 0.251 e. The number of amides is 2. The number of halogens is 1. The zero-order chi connectivity index (χ0) is 15.4. The zero-order valence-electron chi connectivity index (χ0n) is 12.7. The first kappa shape index (κ1) is 18.3. The number of hydrogen-bond acceptors (Lipinski definition) is 4. The summed E-state index contributed by atoms with van der Waals surface area (Å²) < 4.78 is 5.23. The molecule has 0 aliphatic heterocycles. The summed E-state index contributed by atoms with van der Waals surface area (Å²) in [5, 5.41) is 5.40. The van der Waals surface area contributed by atoms with E-state index in [-0.39, 0.29) is 36.2 Å². The van der Waals surface area contributed by atoms with Gasteiger partial charge in [0.15, 0.2) is 0 Å². The van der Waals surface area contributed by atoms with Crippen molar-refractivity contribution in [3.63, 3.8) is 0 Å². The summed E-state index contributed by atoms with van der Waals surface area (Å²) in [5.74, 6) is 0.165. The maximum atomic E-state index is 12.3. The van der Waals surface area contributed by atoms with Crippen molar-refractivity contribution in [2.75, 3.05) is 19.5 Å². The van der Waals surface area contributed by atoms with Crippen molar-refractivity contribution < 1.29 is 14.3 Å². The molecule has 1 saturated carbocycles. The van der Waals surface area contributed by atoms with Crippen LogP contribution in [0.25, 0.3) is 0 Å². The van der Waals surface area contributed by atoms with Crippen LogP contribution >= 0.6 is 12.4 Å². The Bertz CT molecular complexity index is 551. The zero-order valence-corrected chi connectivity index (χ0v) is 13.5. The lowest BCUT2D eigenvalue weighted by Crippen LogP contribution is -2.24. The maximum Gasteiger partial charge on any atom is 0.251 e. The number of carbonyl (C=O) groups is 2. The van der Waals surface area contributed by atoms with Gasteiger partial charge in [-0.25, -0.2) is 0 Å². The molecule has 0 saturated heterocycles. The van der Waals surface area contributed by atoms with Gasteiger partial charge >= 0.3 is 0 Å². The van der Waals surface area contributed by atoms with Crippen LogP contribution in [-0.4, -0.2) is 32.0 Å². The average molecular weight is 328 g/mol.